The van der Waals surface area contributed by atoms with Crippen LogP contribution in [0, 0.1) is 18.5 Å². The van der Waals surface area contributed by atoms with Gasteiger partial charge in [0.15, 0.2) is 6.67 Å². The van der Waals surface area contributed by atoms with Gasteiger partial charge >= 0.3 is 0 Å². The van der Waals surface area contributed by atoms with Crippen molar-refractivity contribution in [3.05, 3.63) is 62.4 Å². The third kappa shape index (κ3) is 4.76. The van der Waals surface area contributed by atoms with Crippen LogP contribution in [0.25, 0.3) is 0 Å². The van der Waals surface area contributed by atoms with E-state index in [-0.39, 0.29) is 0 Å². The maximum atomic E-state index is 11.8. The Morgan fingerprint density at radius 3 is 2.33 bits per heavy atom. The summed E-state index contributed by atoms with van der Waals surface area (Å²) in [4.78, 5) is 14.8. The molecule has 0 radical (unpaired) electrons. The first-order valence-electron chi connectivity index (χ1n) is 9.27. The van der Waals surface area contributed by atoms with Gasteiger partial charge < -0.3 is 15.5 Å². The van der Waals surface area contributed by atoms with E-state index in [4.69, 9.17) is 29.6 Å². The summed E-state index contributed by atoms with van der Waals surface area (Å²) in [7, 11) is 0. The van der Waals surface area contributed by atoms with Crippen LogP contribution in [-0.2, 0) is 13.2 Å². The number of benzene rings is 1. The van der Waals surface area contributed by atoms with Crippen LogP contribution in [0.1, 0.15) is 27.2 Å². The minimum absolute atomic E-state index is 0.446. The molecule has 0 spiro atoms. The predicted octanol–water partition coefficient (Wildman–Crippen LogP) is 0.528. The fourth-order valence-electron chi connectivity index (χ4n) is 3.83. The Hall–Kier alpha value is -1.73. The van der Waals surface area contributed by atoms with E-state index in [0.29, 0.717) is 10.2 Å². The van der Waals surface area contributed by atoms with Gasteiger partial charge in [0.2, 0.25) is 0 Å². The number of piperazine rings is 1. The van der Waals surface area contributed by atoms with Crippen molar-refractivity contribution in [3.63, 3.8) is 0 Å². The molecule has 0 bridgehead atoms. The molecular weight excluding hydrogens is 380 g/mol. The summed E-state index contributed by atoms with van der Waals surface area (Å²) in [6.07, 6.45) is 0. The first-order chi connectivity index (χ1) is 12.8. The molecule has 27 heavy (non-hydrogen) atoms. The lowest BCUT2D eigenvalue weighted by Gasteiger charge is -2.30. The molecule has 2 heterocycles. The summed E-state index contributed by atoms with van der Waals surface area (Å²) < 4.78 is 2.62. The van der Waals surface area contributed by atoms with E-state index in [2.05, 4.69) is 16.7 Å². The highest BCUT2D eigenvalue weighted by Gasteiger charge is 2.24. The van der Waals surface area contributed by atoms with Crippen molar-refractivity contribution in [2.75, 3.05) is 26.2 Å². The van der Waals surface area contributed by atoms with Crippen molar-refractivity contribution in [2.24, 2.45) is 5.73 Å². The molecule has 1 aliphatic rings. The second-order valence-electron chi connectivity index (χ2n) is 7.40. The molecule has 0 atom stereocenters. The van der Waals surface area contributed by atoms with E-state index in [1.54, 1.807) is 4.90 Å². The van der Waals surface area contributed by atoms with E-state index < -0.39 is 5.91 Å². The van der Waals surface area contributed by atoms with Crippen LogP contribution in [0.2, 0.25) is 5.02 Å². The number of quaternary nitrogens is 2. The summed E-state index contributed by atoms with van der Waals surface area (Å²) in [5.41, 5.74) is 9.26. The van der Waals surface area contributed by atoms with E-state index in [1.807, 2.05) is 32.0 Å². The quantitative estimate of drug-likeness (QED) is 0.634. The molecule has 1 amide bonds. The van der Waals surface area contributed by atoms with Gasteiger partial charge in [0.05, 0.1) is 5.56 Å². The lowest BCUT2D eigenvalue weighted by molar-refractivity contribution is -1.03. The SMILES string of the molecule is Cc1cc(C)n(C[NH+]2CC[NH+](Cc3ccc(Cl)cc3)CC2)c(=S)c1C(N)=O. The van der Waals surface area contributed by atoms with Crippen LogP contribution in [0.15, 0.2) is 30.3 Å². The molecule has 0 aliphatic carbocycles. The molecule has 1 aliphatic heterocycles. The number of carbonyl (C=O) groups excluding carboxylic acids is 1. The number of halogens is 1. The van der Waals surface area contributed by atoms with E-state index in [0.717, 1.165) is 55.7 Å². The van der Waals surface area contributed by atoms with Gasteiger partial charge in [-0.25, -0.2) is 0 Å². The van der Waals surface area contributed by atoms with Crippen molar-refractivity contribution in [3.8, 4) is 0 Å². The molecule has 2 aromatic rings. The first-order valence-corrected chi connectivity index (χ1v) is 10.1. The standard InChI is InChI=1S/C20H25ClN4OS/c1-14-11-15(2)25(20(27)18(14)19(22)26)13-24-9-7-23(8-10-24)12-16-3-5-17(21)6-4-16/h3-6,11H,7-10,12-13H2,1-2H3,(H2,22,26)/p+2. The predicted molar refractivity (Wildman–Crippen MR) is 110 cm³/mol. The molecule has 3 rings (SSSR count). The second kappa shape index (κ2) is 8.52. The zero-order valence-electron chi connectivity index (χ0n) is 15.8. The largest absolute Gasteiger partial charge is 0.365 e. The molecule has 1 aromatic carbocycles. The highest BCUT2D eigenvalue weighted by molar-refractivity contribution is 7.71. The van der Waals surface area contributed by atoms with Gasteiger partial charge in [0.25, 0.3) is 5.91 Å². The van der Waals surface area contributed by atoms with E-state index in [1.165, 1.54) is 10.5 Å². The molecule has 1 saturated heterocycles. The molecule has 7 heteroatoms. The lowest BCUT2D eigenvalue weighted by Crippen LogP contribution is -3.27. The number of nitrogens with zero attached hydrogens (tertiary/aromatic N) is 1. The van der Waals surface area contributed by atoms with Crippen LogP contribution >= 0.6 is 23.8 Å². The van der Waals surface area contributed by atoms with E-state index in [9.17, 15) is 4.79 Å². The average molecular weight is 407 g/mol. The zero-order chi connectivity index (χ0) is 19.6. The zero-order valence-corrected chi connectivity index (χ0v) is 17.4. The number of primary amides is 1. The van der Waals surface area contributed by atoms with Gasteiger partial charge in [-0.15, -0.1) is 0 Å². The summed E-state index contributed by atoms with van der Waals surface area (Å²) in [6, 6.07) is 10.1. The molecular formula is C20H27ClN4OS+2. The minimum Gasteiger partial charge on any atom is -0.365 e. The lowest BCUT2D eigenvalue weighted by atomic mass is 10.1. The Balaban J connectivity index is 1.64. The molecule has 5 nitrogen and oxygen atoms in total. The Morgan fingerprint density at radius 2 is 1.74 bits per heavy atom. The van der Waals surface area contributed by atoms with Gasteiger partial charge in [0, 0.05) is 16.3 Å². The summed E-state index contributed by atoms with van der Waals surface area (Å²) in [6.45, 7) is 10.1. The fraction of sp³-hybridized carbons (Fsp3) is 0.400. The average Bonchev–Trinajstić information content (AvgIpc) is 2.61. The van der Waals surface area contributed by atoms with Crippen LogP contribution in [0.4, 0.5) is 0 Å². The highest BCUT2D eigenvalue weighted by atomic mass is 35.5. The Bertz CT molecular complexity index is 886. The maximum absolute atomic E-state index is 11.8. The number of aromatic nitrogens is 1. The molecule has 144 valence electrons. The van der Waals surface area contributed by atoms with Gasteiger partial charge in [-0.05, 0) is 37.6 Å². The van der Waals surface area contributed by atoms with Crippen LogP contribution in [0.3, 0.4) is 0 Å². The summed E-state index contributed by atoms with van der Waals surface area (Å²) in [5.74, 6) is -0.446. The minimum atomic E-state index is -0.446. The van der Waals surface area contributed by atoms with Crippen molar-refractivity contribution in [1.82, 2.24) is 4.57 Å². The molecule has 1 aromatic heterocycles. The molecule has 4 N–H and O–H groups in total. The third-order valence-electron chi connectivity index (χ3n) is 5.36. The number of aryl methyl sites for hydroxylation is 2. The number of pyridine rings is 1. The summed E-state index contributed by atoms with van der Waals surface area (Å²) >= 11 is 11.5. The topological polar surface area (TPSA) is 56.9 Å². The Kier molecular flexibility index (Phi) is 6.32. The highest BCUT2D eigenvalue weighted by Crippen LogP contribution is 2.13. The van der Waals surface area contributed by atoms with Crippen LogP contribution in [0.5, 0.6) is 0 Å². The Morgan fingerprint density at radius 1 is 1.15 bits per heavy atom. The number of hydrogen-bond acceptors (Lipinski definition) is 2. The third-order valence-corrected chi connectivity index (χ3v) is 6.04. The number of rotatable bonds is 5. The number of carbonyl (C=O) groups is 1. The normalized spacial score (nSPS) is 19.8. The van der Waals surface area contributed by atoms with Crippen LogP contribution < -0.4 is 15.5 Å². The van der Waals surface area contributed by atoms with Crippen molar-refractivity contribution < 1.29 is 14.6 Å². The van der Waals surface area contributed by atoms with Crippen molar-refractivity contribution >= 4 is 29.7 Å². The monoisotopic (exact) mass is 406 g/mol. The number of nitrogens with one attached hydrogen (secondary N) is 2. The summed E-state index contributed by atoms with van der Waals surface area (Å²) in [5, 5.41) is 0.781. The smallest absolute Gasteiger partial charge is 0.251 e. The molecule has 0 saturated carbocycles. The van der Waals surface area contributed by atoms with Gasteiger partial charge in [-0.2, -0.15) is 0 Å². The van der Waals surface area contributed by atoms with Crippen molar-refractivity contribution in [2.45, 2.75) is 27.1 Å². The first kappa shape index (κ1) is 20.0. The number of nitrogens with two attached hydrogens (primary N) is 1. The van der Waals surface area contributed by atoms with Gasteiger partial charge in [0.1, 0.15) is 37.4 Å². The number of hydrogen-bond donors (Lipinski definition) is 3. The van der Waals surface area contributed by atoms with Crippen LogP contribution in [-0.4, -0.2) is 36.7 Å². The fourth-order valence-corrected chi connectivity index (χ4v) is 4.43. The second-order valence-corrected chi connectivity index (χ2v) is 8.23. The van der Waals surface area contributed by atoms with Gasteiger partial charge in [-0.3, -0.25) is 9.36 Å². The van der Waals surface area contributed by atoms with Gasteiger partial charge in [-0.1, -0.05) is 36.0 Å². The number of amides is 1. The van der Waals surface area contributed by atoms with Crippen molar-refractivity contribution in [1.29, 1.82) is 0 Å². The molecule has 1 fully saturated rings. The maximum Gasteiger partial charge on any atom is 0.251 e. The van der Waals surface area contributed by atoms with E-state index >= 15 is 0 Å². The Labute approximate surface area is 170 Å². The molecule has 0 unspecified atom stereocenters.